The van der Waals surface area contributed by atoms with Crippen molar-refractivity contribution in [1.29, 1.82) is 0 Å². The van der Waals surface area contributed by atoms with Crippen molar-refractivity contribution in [3.8, 4) is 11.1 Å². The molecule has 22 heavy (non-hydrogen) atoms. The van der Waals surface area contributed by atoms with Gasteiger partial charge in [-0.2, -0.15) is 26.3 Å². The Morgan fingerprint density at radius 2 is 0.909 bits per heavy atom. The van der Waals surface area contributed by atoms with Crippen LogP contribution in [0.2, 0.25) is 0 Å². The fourth-order valence-corrected chi connectivity index (χ4v) is 3.00. The third-order valence-electron chi connectivity index (χ3n) is 2.88. The summed E-state index contributed by atoms with van der Waals surface area (Å²) in [7, 11) is 0. The van der Waals surface area contributed by atoms with Gasteiger partial charge in [0.05, 0.1) is 11.1 Å². The minimum atomic E-state index is -4.49. The highest BCUT2D eigenvalue weighted by Gasteiger charge is 2.32. The molecule has 0 aliphatic heterocycles. The van der Waals surface area contributed by atoms with Crippen LogP contribution in [0.25, 0.3) is 11.1 Å². The molecule has 0 atom stereocenters. The molecule has 118 valence electrons. The van der Waals surface area contributed by atoms with Crippen molar-refractivity contribution >= 4 is 31.9 Å². The van der Waals surface area contributed by atoms with E-state index in [0.29, 0.717) is 11.1 Å². The van der Waals surface area contributed by atoms with E-state index in [9.17, 15) is 26.3 Å². The molecule has 2 rings (SSSR count). The molecule has 0 saturated heterocycles. The van der Waals surface area contributed by atoms with Gasteiger partial charge in [-0.1, -0.05) is 44.0 Å². The molecule has 2 aromatic carbocycles. The monoisotopic (exact) mass is 446 g/mol. The zero-order chi connectivity index (χ0) is 16.7. The fourth-order valence-electron chi connectivity index (χ4n) is 1.82. The summed E-state index contributed by atoms with van der Waals surface area (Å²) in [6.07, 6.45) is -8.98. The van der Waals surface area contributed by atoms with Gasteiger partial charge in [0.2, 0.25) is 0 Å². The molecule has 0 saturated carbocycles. The van der Waals surface area contributed by atoms with Crippen LogP contribution in [0.1, 0.15) is 11.1 Å². The summed E-state index contributed by atoms with van der Waals surface area (Å²) in [6.45, 7) is 0. The number of alkyl halides is 6. The van der Waals surface area contributed by atoms with Crippen LogP contribution in [0.5, 0.6) is 0 Å². The molecule has 0 heterocycles. The summed E-state index contributed by atoms with van der Waals surface area (Å²) < 4.78 is 75.9. The molecule has 0 aliphatic rings. The van der Waals surface area contributed by atoms with Crippen LogP contribution < -0.4 is 0 Å². The summed E-state index contributed by atoms with van der Waals surface area (Å²) in [5.74, 6) is 0. The summed E-state index contributed by atoms with van der Waals surface area (Å²) in [5.41, 5.74) is -0.973. The summed E-state index contributed by atoms with van der Waals surface area (Å²) in [4.78, 5) is 0. The number of hydrogen-bond acceptors (Lipinski definition) is 0. The van der Waals surface area contributed by atoms with Crippen LogP contribution in [-0.2, 0) is 12.4 Å². The van der Waals surface area contributed by atoms with E-state index in [1.807, 2.05) is 0 Å². The van der Waals surface area contributed by atoms with E-state index in [1.54, 1.807) is 0 Å². The molecule has 0 aromatic heterocycles. The second-order valence-electron chi connectivity index (χ2n) is 4.38. The Hall–Kier alpha value is -1.02. The SMILES string of the molecule is FC(F)(F)c1ccc(-c2ccc(C(F)(F)F)cc2Br)c(Br)c1. The van der Waals surface area contributed by atoms with Crippen molar-refractivity contribution in [3.63, 3.8) is 0 Å². The van der Waals surface area contributed by atoms with Crippen LogP contribution in [0.4, 0.5) is 26.3 Å². The highest BCUT2D eigenvalue weighted by atomic mass is 79.9. The maximum atomic E-state index is 12.6. The highest BCUT2D eigenvalue weighted by molar-refractivity contribution is 9.11. The molecule has 8 heteroatoms. The van der Waals surface area contributed by atoms with Gasteiger partial charge in [0, 0.05) is 8.95 Å². The number of halogens is 8. The Balaban J connectivity index is 2.49. The highest BCUT2D eigenvalue weighted by Crippen LogP contribution is 2.40. The van der Waals surface area contributed by atoms with E-state index >= 15 is 0 Å². The molecule has 0 spiro atoms. The first kappa shape index (κ1) is 17.3. The Labute approximate surface area is 138 Å². The number of benzene rings is 2. The summed E-state index contributed by atoms with van der Waals surface area (Å²) in [5, 5.41) is 0. The lowest BCUT2D eigenvalue weighted by Gasteiger charge is -2.13. The van der Waals surface area contributed by atoms with Gasteiger partial charge in [0.25, 0.3) is 0 Å². The number of rotatable bonds is 1. The predicted octanol–water partition coefficient (Wildman–Crippen LogP) is 6.92. The lowest BCUT2D eigenvalue weighted by Crippen LogP contribution is -2.05. The second kappa shape index (κ2) is 5.88. The first-order chi connectivity index (χ1) is 10.00. The predicted molar refractivity (Wildman–Crippen MR) is 77.3 cm³/mol. The molecule has 0 aliphatic carbocycles. The van der Waals surface area contributed by atoms with Gasteiger partial charge in [-0.15, -0.1) is 0 Å². The Bertz CT molecular complexity index is 642. The maximum Gasteiger partial charge on any atom is 0.416 e. The molecule has 0 bridgehead atoms. The normalized spacial score (nSPS) is 12.5. The number of hydrogen-bond donors (Lipinski definition) is 0. The average Bonchev–Trinajstić information content (AvgIpc) is 2.37. The molecule has 0 unspecified atom stereocenters. The molecular formula is C14H6Br2F6. The van der Waals surface area contributed by atoms with Gasteiger partial charge in [0.1, 0.15) is 0 Å². The van der Waals surface area contributed by atoms with Gasteiger partial charge in [-0.25, -0.2) is 0 Å². The van der Waals surface area contributed by atoms with E-state index in [2.05, 4.69) is 31.9 Å². The zero-order valence-electron chi connectivity index (χ0n) is 10.5. The lowest BCUT2D eigenvalue weighted by atomic mass is 10.0. The quantitative estimate of drug-likeness (QED) is 0.416. The summed E-state index contributed by atoms with van der Waals surface area (Å²) in [6, 6.07) is 5.95. The van der Waals surface area contributed by atoms with E-state index in [1.165, 1.54) is 12.1 Å². The zero-order valence-corrected chi connectivity index (χ0v) is 13.7. The molecule has 0 radical (unpaired) electrons. The largest absolute Gasteiger partial charge is 0.416 e. The van der Waals surface area contributed by atoms with Gasteiger partial charge in [-0.05, 0) is 35.4 Å². The third-order valence-corrected chi connectivity index (χ3v) is 4.20. The molecular weight excluding hydrogens is 442 g/mol. The molecule has 0 N–H and O–H groups in total. The van der Waals surface area contributed by atoms with Crippen molar-refractivity contribution in [1.82, 2.24) is 0 Å². The fraction of sp³-hybridized carbons (Fsp3) is 0.143. The molecule has 0 nitrogen and oxygen atoms in total. The Morgan fingerprint density at radius 3 is 1.14 bits per heavy atom. The third kappa shape index (κ3) is 3.65. The van der Waals surface area contributed by atoms with Gasteiger partial charge in [-0.3, -0.25) is 0 Å². The van der Waals surface area contributed by atoms with Crippen molar-refractivity contribution in [3.05, 3.63) is 56.5 Å². The van der Waals surface area contributed by atoms with Crippen LogP contribution in [-0.4, -0.2) is 0 Å². The first-order valence-corrected chi connectivity index (χ1v) is 7.32. The van der Waals surface area contributed by atoms with Crippen LogP contribution in [0, 0.1) is 0 Å². The van der Waals surface area contributed by atoms with Crippen molar-refractivity contribution in [2.75, 3.05) is 0 Å². The molecule has 0 fully saturated rings. The average molecular weight is 448 g/mol. The lowest BCUT2D eigenvalue weighted by molar-refractivity contribution is -0.138. The van der Waals surface area contributed by atoms with E-state index in [0.717, 1.165) is 24.3 Å². The van der Waals surface area contributed by atoms with E-state index in [-0.39, 0.29) is 8.95 Å². The molecule has 2 aromatic rings. The minimum Gasteiger partial charge on any atom is -0.166 e. The Kier molecular flexibility index (Phi) is 4.64. The van der Waals surface area contributed by atoms with Crippen LogP contribution >= 0.6 is 31.9 Å². The van der Waals surface area contributed by atoms with E-state index < -0.39 is 23.5 Å². The van der Waals surface area contributed by atoms with E-state index in [4.69, 9.17) is 0 Å². The molecule has 0 amide bonds. The van der Waals surface area contributed by atoms with Crippen molar-refractivity contribution < 1.29 is 26.3 Å². The topological polar surface area (TPSA) is 0 Å². The van der Waals surface area contributed by atoms with Gasteiger partial charge >= 0.3 is 12.4 Å². The van der Waals surface area contributed by atoms with Gasteiger partial charge < -0.3 is 0 Å². The van der Waals surface area contributed by atoms with Gasteiger partial charge in [0.15, 0.2) is 0 Å². The smallest absolute Gasteiger partial charge is 0.166 e. The van der Waals surface area contributed by atoms with Crippen LogP contribution in [0.3, 0.4) is 0 Å². The second-order valence-corrected chi connectivity index (χ2v) is 6.09. The first-order valence-electron chi connectivity index (χ1n) is 5.74. The maximum absolute atomic E-state index is 12.6. The Morgan fingerprint density at radius 1 is 0.591 bits per heavy atom. The van der Waals surface area contributed by atoms with Crippen LogP contribution in [0.15, 0.2) is 45.3 Å². The minimum absolute atomic E-state index is 0.141. The summed E-state index contributed by atoms with van der Waals surface area (Å²) >= 11 is 6.05. The van der Waals surface area contributed by atoms with Crippen molar-refractivity contribution in [2.45, 2.75) is 12.4 Å². The van der Waals surface area contributed by atoms with Crippen molar-refractivity contribution in [2.24, 2.45) is 0 Å². The standard InChI is InChI=1S/C14H6Br2F6/c15-11-5-7(13(17,18)19)1-3-9(11)10-4-2-8(6-12(10)16)14(20,21)22/h1-6H.